The lowest BCUT2D eigenvalue weighted by Gasteiger charge is -2.33. The van der Waals surface area contributed by atoms with Crippen LogP contribution in [0.5, 0.6) is 0 Å². The lowest BCUT2D eigenvalue weighted by atomic mass is 10.0. The maximum absolute atomic E-state index is 4.31. The Kier molecular flexibility index (Phi) is 9.69. The summed E-state index contributed by atoms with van der Waals surface area (Å²) >= 11 is 0. The van der Waals surface area contributed by atoms with E-state index in [9.17, 15) is 0 Å². The summed E-state index contributed by atoms with van der Waals surface area (Å²) in [4.78, 5) is 6.91. The van der Waals surface area contributed by atoms with Crippen LogP contribution < -0.4 is 10.6 Å². The highest BCUT2D eigenvalue weighted by molar-refractivity contribution is 14.0. The molecule has 1 fully saturated rings. The van der Waals surface area contributed by atoms with Gasteiger partial charge in [-0.1, -0.05) is 24.6 Å². The minimum absolute atomic E-state index is 0. The van der Waals surface area contributed by atoms with Gasteiger partial charge in [0.2, 0.25) is 0 Å². The SMILES string of the molecule is CN=C(NCCCN1CCCCC1C)NCc1nncn1-c1ccccc1.I. The zero-order valence-electron chi connectivity index (χ0n) is 16.8. The van der Waals surface area contributed by atoms with Crippen molar-refractivity contribution in [2.45, 2.75) is 45.2 Å². The van der Waals surface area contributed by atoms with Crippen LogP contribution in [0.15, 0.2) is 41.7 Å². The van der Waals surface area contributed by atoms with Gasteiger partial charge in [-0.3, -0.25) is 9.56 Å². The number of piperidine rings is 1. The molecule has 3 rings (SSSR count). The van der Waals surface area contributed by atoms with E-state index in [0.717, 1.165) is 43.0 Å². The molecule has 1 aliphatic heterocycles. The standard InChI is InChI=1S/C20H31N7.HI/c1-17-9-6-7-13-26(17)14-8-12-22-20(21-2)23-15-19-25-24-16-27(19)18-10-4-3-5-11-18;/h3-5,10-11,16-17H,6-9,12-15H2,1-2H3,(H2,21,22,23);1H. The summed E-state index contributed by atoms with van der Waals surface area (Å²) in [6.45, 7) is 6.21. The summed E-state index contributed by atoms with van der Waals surface area (Å²) in [5, 5.41) is 15.0. The first-order valence-corrected chi connectivity index (χ1v) is 9.91. The number of likely N-dealkylation sites (tertiary alicyclic amines) is 1. The van der Waals surface area contributed by atoms with Crippen LogP contribution in [0.2, 0.25) is 0 Å². The van der Waals surface area contributed by atoms with E-state index in [-0.39, 0.29) is 24.0 Å². The largest absolute Gasteiger partial charge is 0.356 e. The average Bonchev–Trinajstić information content (AvgIpc) is 3.18. The highest BCUT2D eigenvalue weighted by Crippen LogP contribution is 2.16. The average molecular weight is 497 g/mol. The number of nitrogens with one attached hydrogen (secondary N) is 2. The number of aliphatic imine (C=N–C) groups is 1. The zero-order valence-corrected chi connectivity index (χ0v) is 19.2. The highest BCUT2D eigenvalue weighted by Gasteiger charge is 2.17. The van der Waals surface area contributed by atoms with Crippen molar-refractivity contribution in [2.24, 2.45) is 4.99 Å². The number of rotatable bonds is 7. The second kappa shape index (κ2) is 12.0. The van der Waals surface area contributed by atoms with Gasteiger partial charge in [0.1, 0.15) is 6.33 Å². The summed E-state index contributed by atoms with van der Waals surface area (Å²) in [6, 6.07) is 10.8. The molecular weight excluding hydrogens is 465 g/mol. The summed E-state index contributed by atoms with van der Waals surface area (Å²) in [5.74, 6) is 1.65. The van der Waals surface area contributed by atoms with Crippen LogP contribution in [-0.2, 0) is 6.54 Å². The van der Waals surface area contributed by atoms with Crippen molar-refractivity contribution in [3.05, 3.63) is 42.5 Å². The fraction of sp³-hybridized carbons (Fsp3) is 0.550. The molecule has 0 amide bonds. The van der Waals surface area contributed by atoms with Gasteiger partial charge in [0.15, 0.2) is 11.8 Å². The number of aromatic nitrogens is 3. The Labute approximate surface area is 185 Å². The topological polar surface area (TPSA) is 70.4 Å². The summed E-state index contributed by atoms with van der Waals surface area (Å²) in [7, 11) is 1.80. The van der Waals surface area contributed by atoms with Gasteiger partial charge in [-0.25, -0.2) is 0 Å². The molecule has 2 aromatic rings. The number of benzene rings is 1. The maximum atomic E-state index is 4.31. The van der Waals surface area contributed by atoms with E-state index in [4.69, 9.17) is 0 Å². The first-order valence-electron chi connectivity index (χ1n) is 9.91. The number of para-hydroxylation sites is 1. The van der Waals surface area contributed by atoms with Crippen LogP contribution in [0.3, 0.4) is 0 Å². The summed E-state index contributed by atoms with van der Waals surface area (Å²) < 4.78 is 1.98. The molecule has 1 unspecified atom stereocenters. The zero-order chi connectivity index (χ0) is 18.9. The third-order valence-electron chi connectivity index (χ3n) is 5.15. The third-order valence-corrected chi connectivity index (χ3v) is 5.15. The Morgan fingerprint density at radius 1 is 1.21 bits per heavy atom. The van der Waals surface area contributed by atoms with E-state index < -0.39 is 0 Å². The van der Waals surface area contributed by atoms with Crippen LogP contribution in [-0.4, -0.2) is 58.3 Å². The molecule has 0 bridgehead atoms. The van der Waals surface area contributed by atoms with Gasteiger partial charge in [-0.15, -0.1) is 34.2 Å². The smallest absolute Gasteiger partial charge is 0.191 e. The third kappa shape index (κ3) is 6.44. The van der Waals surface area contributed by atoms with Crippen molar-refractivity contribution < 1.29 is 0 Å². The number of guanidine groups is 1. The van der Waals surface area contributed by atoms with E-state index in [1.165, 1.54) is 25.8 Å². The van der Waals surface area contributed by atoms with Crippen LogP contribution in [0.4, 0.5) is 0 Å². The molecule has 1 atom stereocenters. The van der Waals surface area contributed by atoms with Crippen molar-refractivity contribution in [2.75, 3.05) is 26.7 Å². The normalized spacial score (nSPS) is 17.8. The van der Waals surface area contributed by atoms with Gasteiger partial charge in [-0.05, 0) is 44.9 Å². The molecule has 2 heterocycles. The van der Waals surface area contributed by atoms with Crippen molar-refractivity contribution in [3.8, 4) is 5.69 Å². The molecule has 0 radical (unpaired) electrons. The molecule has 28 heavy (non-hydrogen) atoms. The van der Waals surface area contributed by atoms with E-state index in [0.29, 0.717) is 6.54 Å². The van der Waals surface area contributed by atoms with Gasteiger partial charge < -0.3 is 15.5 Å². The van der Waals surface area contributed by atoms with Gasteiger partial charge in [0, 0.05) is 31.9 Å². The minimum atomic E-state index is 0. The molecule has 1 saturated heterocycles. The lowest BCUT2D eigenvalue weighted by molar-refractivity contribution is 0.159. The van der Waals surface area contributed by atoms with Crippen LogP contribution >= 0.6 is 24.0 Å². The molecule has 154 valence electrons. The van der Waals surface area contributed by atoms with Gasteiger partial charge in [0.25, 0.3) is 0 Å². The predicted octanol–water partition coefficient (Wildman–Crippen LogP) is 2.81. The minimum Gasteiger partial charge on any atom is -0.356 e. The van der Waals surface area contributed by atoms with Crippen molar-refractivity contribution >= 4 is 29.9 Å². The molecule has 2 N–H and O–H groups in total. The maximum Gasteiger partial charge on any atom is 0.191 e. The Hall–Kier alpha value is -1.68. The predicted molar refractivity (Wildman–Crippen MR) is 124 cm³/mol. The molecule has 7 nitrogen and oxygen atoms in total. The quantitative estimate of drug-likeness (QED) is 0.267. The van der Waals surface area contributed by atoms with Gasteiger partial charge in [0.05, 0.1) is 6.54 Å². The fourth-order valence-corrected chi connectivity index (χ4v) is 3.55. The Morgan fingerprint density at radius 2 is 2.04 bits per heavy atom. The van der Waals surface area contributed by atoms with Crippen molar-refractivity contribution in [3.63, 3.8) is 0 Å². The monoisotopic (exact) mass is 497 g/mol. The fourth-order valence-electron chi connectivity index (χ4n) is 3.55. The summed E-state index contributed by atoms with van der Waals surface area (Å²) in [6.07, 6.45) is 6.90. The molecule has 0 aliphatic carbocycles. The van der Waals surface area contributed by atoms with Crippen LogP contribution in [0.25, 0.3) is 5.69 Å². The molecule has 1 aromatic carbocycles. The highest BCUT2D eigenvalue weighted by atomic mass is 127. The number of hydrogen-bond donors (Lipinski definition) is 2. The Balaban J connectivity index is 0.00000280. The van der Waals surface area contributed by atoms with E-state index >= 15 is 0 Å². The van der Waals surface area contributed by atoms with Gasteiger partial charge in [-0.2, -0.15) is 0 Å². The molecule has 0 spiro atoms. The van der Waals surface area contributed by atoms with Crippen LogP contribution in [0, 0.1) is 0 Å². The molecule has 1 aromatic heterocycles. The second-order valence-electron chi connectivity index (χ2n) is 7.04. The van der Waals surface area contributed by atoms with E-state index in [2.05, 4.69) is 37.6 Å². The first kappa shape index (κ1) is 22.6. The molecule has 8 heteroatoms. The Bertz CT molecular complexity index is 716. The number of nitrogens with zero attached hydrogens (tertiary/aromatic N) is 5. The van der Waals surface area contributed by atoms with E-state index in [1.807, 2.05) is 34.9 Å². The number of hydrogen-bond acceptors (Lipinski definition) is 4. The Morgan fingerprint density at radius 3 is 2.79 bits per heavy atom. The van der Waals surface area contributed by atoms with Crippen molar-refractivity contribution in [1.29, 1.82) is 0 Å². The molecule has 0 saturated carbocycles. The molecular formula is C20H32IN7. The van der Waals surface area contributed by atoms with E-state index in [1.54, 1.807) is 13.4 Å². The number of halogens is 1. The van der Waals surface area contributed by atoms with Gasteiger partial charge >= 0.3 is 0 Å². The second-order valence-corrected chi connectivity index (χ2v) is 7.04. The lowest BCUT2D eigenvalue weighted by Crippen LogP contribution is -2.41. The van der Waals surface area contributed by atoms with Crippen molar-refractivity contribution in [1.82, 2.24) is 30.3 Å². The first-order chi connectivity index (χ1) is 13.3. The van der Waals surface area contributed by atoms with Crippen LogP contribution in [0.1, 0.15) is 38.4 Å². The molecule has 1 aliphatic rings. The summed E-state index contributed by atoms with van der Waals surface area (Å²) in [5.41, 5.74) is 1.05.